The number of benzene rings is 2. The molecule has 3 amide bonds. The maximum absolute atomic E-state index is 14.0. The number of amides is 3. The predicted molar refractivity (Wildman–Crippen MR) is 291 cm³/mol. The number of nitrogens with two attached hydrogens (primary N) is 1. The minimum Gasteiger partial charge on any atom is -0.492 e. The molecule has 0 spiro atoms. The number of piperazine rings is 2. The van der Waals surface area contributed by atoms with Crippen LogP contribution in [-0.2, 0) is 16.1 Å². The number of likely N-dealkylation sites (tertiary alicyclic amines) is 1. The summed E-state index contributed by atoms with van der Waals surface area (Å²) in [6.07, 6.45) is 9.01. The molecular formula is C55H72ClN15O4. The number of carbonyl (C=O) groups excluding carboxylic acids is 3. The van der Waals surface area contributed by atoms with Crippen molar-refractivity contribution in [2.45, 2.75) is 50.2 Å². The van der Waals surface area contributed by atoms with Gasteiger partial charge in [-0.05, 0) is 107 Å². The van der Waals surface area contributed by atoms with Gasteiger partial charge in [-0.2, -0.15) is 0 Å². The summed E-state index contributed by atoms with van der Waals surface area (Å²) in [7, 11) is 4.06. The summed E-state index contributed by atoms with van der Waals surface area (Å²) < 4.78 is 8.09. The standard InChI is InChI=1S/C55H72ClN15O4/c1-64(2)33-34-75-48-6-4-3-5-42(48)36-71-39-61-46-11-12-47(62-52(46)71)53(73)70-31-27-67(28-32-70)35-40-14-20-66(21-15-40)37-49(72)68-29-25-65(26-30-68)22-16-45(41-7-9-43(56)10-8-41)63-54(74)55(57)17-23-69(24-18-55)51-44-13-19-58-50(44)59-38-60-51/h3-13,19,38-40,45H,14-18,20-37,57H2,1-2H3,(H,63,74)(H,58,59,60)/t45-/m0/s1. The molecule has 4 saturated heterocycles. The van der Waals surface area contributed by atoms with Crippen LogP contribution in [-0.4, -0.2) is 208 Å². The molecule has 4 N–H and O–H groups in total. The Hall–Kier alpha value is -6.22. The van der Waals surface area contributed by atoms with Crippen molar-refractivity contribution >= 4 is 57.3 Å². The molecule has 0 bridgehead atoms. The number of nitrogens with one attached hydrogen (secondary N) is 2. The third kappa shape index (κ3) is 12.7. The number of imidazole rings is 1. The molecule has 4 aliphatic rings. The Morgan fingerprint density at radius 2 is 1.57 bits per heavy atom. The first-order valence-electron chi connectivity index (χ1n) is 26.7. The van der Waals surface area contributed by atoms with E-state index in [9.17, 15) is 14.4 Å². The topological polar surface area (TPSA) is 193 Å². The quantitative estimate of drug-likeness (QED) is 0.111. The van der Waals surface area contributed by atoms with Gasteiger partial charge >= 0.3 is 0 Å². The van der Waals surface area contributed by atoms with Crippen molar-refractivity contribution in [3.63, 3.8) is 0 Å². The summed E-state index contributed by atoms with van der Waals surface area (Å²) >= 11 is 6.28. The monoisotopic (exact) mass is 1040 g/mol. The van der Waals surface area contributed by atoms with E-state index in [1.165, 1.54) is 0 Å². The Bertz CT molecular complexity index is 2880. The summed E-state index contributed by atoms with van der Waals surface area (Å²) in [6.45, 7) is 13.1. The number of rotatable bonds is 18. The second-order valence-corrected chi connectivity index (χ2v) is 21.6. The zero-order chi connectivity index (χ0) is 51.9. The lowest BCUT2D eigenvalue weighted by molar-refractivity contribution is -0.134. The number of hydrogen-bond donors (Lipinski definition) is 3. The predicted octanol–water partition coefficient (Wildman–Crippen LogP) is 4.20. The van der Waals surface area contributed by atoms with Crippen LogP contribution in [0.15, 0.2) is 85.6 Å². The minimum atomic E-state index is -1.01. The van der Waals surface area contributed by atoms with E-state index in [2.05, 4.69) is 55.8 Å². The summed E-state index contributed by atoms with van der Waals surface area (Å²) in [5, 5.41) is 4.93. The van der Waals surface area contributed by atoms with Gasteiger partial charge in [-0.25, -0.2) is 19.9 Å². The van der Waals surface area contributed by atoms with Gasteiger partial charge in [0.15, 0.2) is 5.65 Å². The van der Waals surface area contributed by atoms with Crippen molar-refractivity contribution in [3.05, 3.63) is 107 Å². The Kier molecular flexibility index (Phi) is 16.6. The smallest absolute Gasteiger partial charge is 0.272 e. The fourth-order valence-corrected chi connectivity index (χ4v) is 11.2. The number of halogens is 1. The summed E-state index contributed by atoms with van der Waals surface area (Å²) in [4.78, 5) is 78.3. The van der Waals surface area contributed by atoms with Crippen LogP contribution in [0, 0.1) is 5.92 Å². The number of anilines is 1. The molecule has 6 aromatic rings. The SMILES string of the molecule is CN(C)CCOc1ccccc1Cn1cnc2ccc(C(=O)N3CCN(CC4CCN(CC(=O)N5CCN(CC[C@H](NC(=O)C6(N)CCN(c7ncnc8[nH]ccc78)CC6)c6ccc(Cl)cc6)CC5)CC4)CC3)nc21. The van der Waals surface area contributed by atoms with Crippen molar-refractivity contribution in [2.75, 3.05) is 130 Å². The lowest BCUT2D eigenvalue weighted by Crippen LogP contribution is -2.60. The molecule has 4 aliphatic heterocycles. The van der Waals surface area contributed by atoms with Crippen LogP contribution in [0.5, 0.6) is 5.75 Å². The van der Waals surface area contributed by atoms with E-state index in [-0.39, 0.29) is 23.8 Å². The third-order valence-corrected chi connectivity index (χ3v) is 16.1. The molecule has 4 aromatic heterocycles. The van der Waals surface area contributed by atoms with Gasteiger partial charge in [-0.3, -0.25) is 29.1 Å². The van der Waals surface area contributed by atoms with Crippen molar-refractivity contribution in [3.8, 4) is 5.75 Å². The second-order valence-electron chi connectivity index (χ2n) is 21.2. The molecule has 0 aliphatic carbocycles. The number of para-hydroxylation sites is 1. The van der Waals surface area contributed by atoms with Crippen LogP contribution in [0.3, 0.4) is 0 Å². The number of piperidine rings is 2. The molecule has 0 saturated carbocycles. The molecule has 20 heteroatoms. The average molecular weight is 1040 g/mol. The van der Waals surface area contributed by atoms with E-state index in [1.54, 1.807) is 18.7 Å². The van der Waals surface area contributed by atoms with Gasteiger partial charge in [0.1, 0.15) is 41.4 Å². The largest absolute Gasteiger partial charge is 0.492 e. The Morgan fingerprint density at radius 3 is 2.33 bits per heavy atom. The first kappa shape index (κ1) is 52.2. The molecule has 8 heterocycles. The van der Waals surface area contributed by atoms with Crippen LogP contribution >= 0.6 is 11.6 Å². The highest BCUT2D eigenvalue weighted by Crippen LogP contribution is 2.30. The van der Waals surface area contributed by atoms with Crippen molar-refractivity contribution in [1.29, 1.82) is 0 Å². The number of aromatic nitrogens is 6. The normalized spacial score (nSPS) is 18.8. The van der Waals surface area contributed by atoms with Crippen LogP contribution in [0.25, 0.3) is 22.2 Å². The van der Waals surface area contributed by atoms with Gasteiger partial charge in [0, 0.05) is 102 Å². The van der Waals surface area contributed by atoms with Crippen molar-refractivity contribution in [1.82, 2.24) is 64.2 Å². The van der Waals surface area contributed by atoms with Gasteiger partial charge in [-0.1, -0.05) is 41.9 Å². The number of carbonyl (C=O) groups is 3. The summed E-state index contributed by atoms with van der Waals surface area (Å²) in [5.41, 5.74) is 10.5. The van der Waals surface area contributed by atoms with Crippen molar-refractivity contribution in [2.24, 2.45) is 11.7 Å². The zero-order valence-electron chi connectivity index (χ0n) is 43.5. The number of hydrogen-bond acceptors (Lipinski definition) is 14. The molecule has 0 unspecified atom stereocenters. The van der Waals surface area contributed by atoms with Gasteiger partial charge in [0.25, 0.3) is 5.91 Å². The van der Waals surface area contributed by atoms with E-state index in [4.69, 9.17) is 27.1 Å². The van der Waals surface area contributed by atoms with Crippen LogP contribution in [0.4, 0.5) is 5.82 Å². The molecule has 0 radical (unpaired) electrons. The first-order chi connectivity index (χ1) is 36.4. The molecule has 1 atom stereocenters. The number of fused-ring (bicyclic) bond motifs is 2. The summed E-state index contributed by atoms with van der Waals surface area (Å²) in [5.74, 6) is 2.25. The molecular weight excluding hydrogens is 970 g/mol. The van der Waals surface area contributed by atoms with E-state index < -0.39 is 5.54 Å². The maximum atomic E-state index is 14.0. The fourth-order valence-electron chi connectivity index (χ4n) is 11.1. The van der Waals surface area contributed by atoms with Crippen LogP contribution in [0.2, 0.25) is 5.02 Å². The molecule has 10 rings (SSSR count). The minimum absolute atomic E-state index is 0.0487. The number of H-pyrrole nitrogens is 1. The van der Waals surface area contributed by atoms with Crippen LogP contribution < -0.4 is 20.7 Å². The van der Waals surface area contributed by atoms with Gasteiger partial charge in [-0.15, -0.1) is 0 Å². The van der Waals surface area contributed by atoms with Gasteiger partial charge in [0.2, 0.25) is 11.8 Å². The van der Waals surface area contributed by atoms with Crippen LogP contribution in [0.1, 0.15) is 59.8 Å². The lowest BCUT2D eigenvalue weighted by Gasteiger charge is -2.40. The van der Waals surface area contributed by atoms with Crippen molar-refractivity contribution < 1.29 is 19.1 Å². The first-order valence-corrected chi connectivity index (χ1v) is 27.1. The highest BCUT2D eigenvalue weighted by atomic mass is 35.5. The fraction of sp³-hybridized carbons (Fsp3) is 0.509. The lowest BCUT2D eigenvalue weighted by atomic mass is 9.87. The van der Waals surface area contributed by atoms with E-state index in [0.29, 0.717) is 101 Å². The highest BCUT2D eigenvalue weighted by molar-refractivity contribution is 6.30. The average Bonchev–Trinajstić information content (AvgIpc) is 4.09. The molecule has 19 nitrogen and oxygen atoms in total. The molecule has 4 fully saturated rings. The van der Waals surface area contributed by atoms with E-state index >= 15 is 0 Å². The summed E-state index contributed by atoms with van der Waals surface area (Å²) in [6, 6.07) is 21.1. The number of pyridine rings is 1. The number of aromatic amines is 1. The zero-order valence-corrected chi connectivity index (χ0v) is 44.2. The Labute approximate surface area is 444 Å². The highest BCUT2D eigenvalue weighted by Gasteiger charge is 2.40. The van der Waals surface area contributed by atoms with Gasteiger partial charge in [0.05, 0.1) is 36.4 Å². The Balaban J connectivity index is 0.635. The van der Waals surface area contributed by atoms with E-state index in [0.717, 1.165) is 111 Å². The van der Waals surface area contributed by atoms with Gasteiger partial charge < -0.3 is 44.9 Å². The Morgan fingerprint density at radius 1 is 0.840 bits per heavy atom. The van der Waals surface area contributed by atoms with E-state index in [1.807, 2.05) is 89.3 Å². The molecule has 75 heavy (non-hydrogen) atoms. The molecule has 398 valence electrons. The third-order valence-electron chi connectivity index (χ3n) is 15.8. The number of ether oxygens (including phenoxy) is 1. The number of likely N-dealkylation sites (N-methyl/N-ethyl adjacent to an activating group) is 1. The maximum Gasteiger partial charge on any atom is 0.272 e. The molecule has 2 aromatic carbocycles. The second kappa shape index (κ2) is 23.8. The number of nitrogens with zero attached hydrogens (tertiary/aromatic N) is 12.